The van der Waals surface area contributed by atoms with Crippen molar-refractivity contribution < 1.29 is 15.0 Å². The molecule has 0 spiro atoms. The van der Waals surface area contributed by atoms with Crippen molar-refractivity contribution in [3.63, 3.8) is 0 Å². The average Bonchev–Trinajstić information content (AvgIpc) is 2.89. The lowest BCUT2D eigenvalue weighted by Crippen LogP contribution is -2.48. The number of carbonyl (C=O) groups excluding carboxylic acids is 1. The summed E-state index contributed by atoms with van der Waals surface area (Å²) in [6, 6.07) is 4.73. The third-order valence-corrected chi connectivity index (χ3v) is 4.18. The number of phenolic OH excluding ortho intramolecular Hbond substituents is 2. The predicted octanol–water partition coefficient (Wildman–Crippen LogP) is 0.922. The van der Waals surface area contributed by atoms with E-state index in [4.69, 9.17) is 0 Å². The SMILES string of the molecule is O=C(c1cccc(O)c1O)N1CCCC2CNCC21. The Kier molecular flexibility index (Phi) is 3.06. The van der Waals surface area contributed by atoms with Crippen molar-refractivity contribution in [1.82, 2.24) is 10.2 Å². The lowest BCUT2D eigenvalue weighted by Gasteiger charge is -2.37. The van der Waals surface area contributed by atoms with Crippen molar-refractivity contribution in [3.05, 3.63) is 23.8 Å². The molecule has 5 nitrogen and oxygen atoms in total. The van der Waals surface area contributed by atoms with Gasteiger partial charge in [-0.15, -0.1) is 0 Å². The Bertz CT molecular complexity index is 503. The number of carbonyl (C=O) groups is 1. The van der Waals surface area contributed by atoms with E-state index in [-0.39, 0.29) is 29.0 Å². The molecule has 1 aromatic carbocycles. The predicted molar refractivity (Wildman–Crippen MR) is 70.2 cm³/mol. The molecule has 0 radical (unpaired) electrons. The number of piperidine rings is 1. The number of hydrogen-bond donors (Lipinski definition) is 3. The quantitative estimate of drug-likeness (QED) is 0.658. The minimum Gasteiger partial charge on any atom is -0.504 e. The first kappa shape index (κ1) is 12.3. The molecular formula is C14H18N2O3. The smallest absolute Gasteiger partial charge is 0.258 e. The largest absolute Gasteiger partial charge is 0.504 e. The first-order chi connectivity index (χ1) is 9.18. The fraction of sp³-hybridized carbons (Fsp3) is 0.500. The number of amides is 1. The molecule has 2 unspecified atom stereocenters. The molecule has 1 amide bonds. The third kappa shape index (κ3) is 2.04. The minimum absolute atomic E-state index is 0.188. The first-order valence-electron chi connectivity index (χ1n) is 6.71. The molecule has 2 aliphatic rings. The van der Waals surface area contributed by atoms with E-state index < -0.39 is 0 Å². The zero-order chi connectivity index (χ0) is 13.4. The summed E-state index contributed by atoms with van der Waals surface area (Å²) in [6.07, 6.45) is 2.14. The molecule has 102 valence electrons. The number of para-hydroxylation sites is 1. The Balaban J connectivity index is 1.88. The summed E-state index contributed by atoms with van der Waals surface area (Å²) >= 11 is 0. The van der Waals surface area contributed by atoms with Gasteiger partial charge in [0.15, 0.2) is 11.5 Å². The number of fused-ring (bicyclic) bond motifs is 1. The zero-order valence-corrected chi connectivity index (χ0v) is 10.7. The van der Waals surface area contributed by atoms with Crippen molar-refractivity contribution in [2.45, 2.75) is 18.9 Å². The fourth-order valence-corrected chi connectivity index (χ4v) is 3.18. The minimum atomic E-state index is -0.319. The van der Waals surface area contributed by atoms with E-state index in [2.05, 4.69) is 5.32 Å². The molecule has 2 aliphatic heterocycles. The van der Waals surface area contributed by atoms with Crippen LogP contribution in [0.25, 0.3) is 0 Å². The number of hydrogen-bond acceptors (Lipinski definition) is 4. The molecule has 0 saturated carbocycles. The maximum absolute atomic E-state index is 12.5. The topological polar surface area (TPSA) is 72.8 Å². The Hall–Kier alpha value is -1.75. The van der Waals surface area contributed by atoms with Gasteiger partial charge in [0.05, 0.1) is 5.56 Å². The van der Waals surface area contributed by atoms with Crippen LogP contribution in [0, 0.1) is 5.92 Å². The van der Waals surface area contributed by atoms with Gasteiger partial charge < -0.3 is 20.4 Å². The summed E-state index contributed by atoms with van der Waals surface area (Å²) in [5, 5.41) is 22.6. The highest BCUT2D eigenvalue weighted by molar-refractivity contribution is 5.97. The molecule has 19 heavy (non-hydrogen) atoms. The van der Waals surface area contributed by atoms with Crippen LogP contribution in [0.15, 0.2) is 18.2 Å². The highest BCUT2D eigenvalue weighted by Gasteiger charge is 2.38. The Morgan fingerprint density at radius 1 is 1.32 bits per heavy atom. The highest BCUT2D eigenvalue weighted by Crippen LogP contribution is 2.32. The van der Waals surface area contributed by atoms with Crippen LogP contribution in [0.1, 0.15) is 23.2 Å². The van der Waals surface area contributed by atoms with Gasteiger partial charge in [0, 0.05) is 25.7 Å². The third-order valence-electron chi connectivity index (χ3n) is 4.18. The van der Waals surface area contributed by atoms with E-state index in [1.54, 1.807) is 12.1 Å². The van der Waals surface area contributed by atoms with Crippen LogP contribution in [0.4, 0.5) is 0 Å². The van der Waals surface area contributed by atoms with Gasteiger partial charge >= 0.3 is 0 Å². The van der Waals surface area contributed by atoms with Crippen LogP contribution in [-0.4, -0.2) is 46.7 Å². The summed E-state index contributed by atoms with van der Waals surface area (Å²) in [4.78, 5) is 14.4. The van der Waals surface area contributed by atoms with Crippen LogP contribution < -0.4 is 5.32 Å². The molecule has 2 fully saturated rings. The molecule has 2 atom stereocenters. The number of phenols is 2. The Labute approximate surface area is 111 Å². The molecule has 3 N–H and O–H groups in total. The van der Waals surface area contributed by atoms with Crippen molar-refractivity contribution in [3.8, 4) is 11.5 Å². The lowest BCUT2D eigenvalue weighted by atomic mass is 9.91. The van der Waals surface area contributed by atoms with Gasteiger partial charge in [-0.2, -0.15) is 0 Å². The van der Waals surface area contributed by atoms with Gasteiger partial charge in [-0.1, -0.05) is 6.07 Å². The van der Waals surface area contributed by atoms with Crippen LogP contribution in [0.3, 0.4) is 0 Å². The van der Waals surface area contributed by atoms with E-state index in [0.29, 0.717) is 5.92 Å². The molecule has 5 heteroatoms. The molecule has 0 bridgehead atoms. The summed E-state index contributed by atoms with van der Waals surface area (Å²) in [5.74, 6) is -0.242. The second-order valence-corrected chi connectivity index (χ2v) is 5.30. The molecule has 3 rings (SSSR count). The number of benzene rings is 1. The summed E-state index contributed by atoms with van der Waals surface area (Å²) in [5.41, 5.74) is 0.188. The van der Waals surface area contributed by atoms with Gasteiger partial charge in [-0.3, -0.25) is 4.79 Å². The molecule has 2 heterocycles. The Morgan fingerprint density at radius 2 is 2.16 bits per heavy atom. The molecule has 2 saturated heterocycles. The molecular weight excluding hydrogens is 244 g/mol. The number of nitrogens with one attached hydrogen (secondary N) is 1. The van der Waals surface area contributed by atoms with Gasteiger partial charge in [0.25, 0.3) is 5.91 Å². The van der Waals surface area contributed by atoms with E-state index in [9.17, 15) is 15.0 Å². The van der Waals surface area contributed by atoms with Crippen molar-refractivity contribution >= 4 is 5.91 Å². The summed E-state index contributed by atoms with van der Waals surface area (Å²) in [7, 11) is 0. The van der Waals surface area contributed by atoms with Crippen LogP contribution >= 0.6 is 0 Å². The normalized spacial score (nSPS) is 26.2. The van der Waals surface area contributed by atoms with Gasteiger partial charge in [-0.25, -0.2) is 0 Å². The van der Waals surface area contributed by atoms with Gasteiger partial charge in [0.2, 0.25) is 0 Å². The van der Waals surface area contributed by atoms with Crippen LogP contribution in [0.5, 0.6) is 11.5 Å². The summed E-state index contributed by atoms with van der Waals surface area (Å²) < 4.78 is 0. The fourth-order valence-electron chi connectivity index (χ4n) is 3.18. The maximum atomic E-state index is 12.5. The second-order valence-electron chi connectivity index (χ2n) is 5.30. The van der Waals surface area contributed by atoms with E-state index >= 15 is 0 Å². The van der Waals surface area contributed by atoms with Gasteiger partial charge in [0.1, 0.15) is 0 Å². The Morgan fingerprint density at radius 3 is 3.00 bits per heavy atom. The second kappa shape index (κ2) is 4.74. The number of nitrogens with zero attached hydrogens (tertiary/aromatic N) is 1. The lowest BCUT2D eigenvalue weighted by molar-refractivity contribution is 0.0571. The molecule has 0 aromatic heterocycles. The van der Waals surface area contributed by atoms with Crippen LogP contribution in [0.2, 0.25) is 0 Å². The molecule has 0 aliphatic carbocycles. The van der Waals surface area contributed by atoms with Crippen molar-refractivity contribution in [2.75, 3.05) is 19.6 Å². The number of aromatic hydroxyl groups is 2. The van der Waals surface area contributed by atoms with Crippen LogP contribution in [-0.2, 0) is 0 Å². The van der Waals surface area contributed by atoms with Crippen molar-refractivity contribution in [1.29, 1.82) is 0 Å². The zero-order valence-electron chi connectivity index (χ0n) is 10.7. The average molecular weight is 262 g/mol. The number of rotatable bonds is 1. The first-order valence-corrected chi connectivity index (χ1v) is 6.71. The van der Waals surface area contributed by atoms with Crippen molar-refractivity contribution in [2.24, 2.45) is 5.92 Å². The monoisotopic (exact) mass is 262 g/mol. The van der Waals surface area contributed by atoms with Gasteiger partial charge in [-0.05, 0) is 30.9 Å². The molecule has 1 aromatic rings. The van der Waals surface area contributed by atoms with E-state index in [0.717, 1.165) is 32.5 Å². The van der Waals surface area contributed by atoms with E-state index in [1.165, 1.54) is 6.07 Å². The standard InChI is InChI=1S/C14H18N2O3/c17-12-5-1-4-10(13(12)18)14(19)16-6-2-3-9-7-15-8-11(9)16/h1,4-5,9,11,15,17-18H,2-3,6-8H2. The highest BCUT2D eigenvalue weighted by atomic mass is 16.3. The number of likely N-dealkylation sites (tertiary alicyclic amines) is 1. The van der Waals surface area contributed by atoms with E-state index in [1.807, 2.05) is 4.90 Å². The maximum Gasteiger partial charge on any atom is 0.258 e. The summed E-state index contributed by atoms with van der Waals surface area (Å²) in [6.45, 7) is 2.49.